The van der Waals surface area contributed by atoms with Crippen LogP contribution in [0.25, 0.3) is 0 Å². The summed E-state index contributed by atoms with van der Waals surface area (Å²) in [5, 5.41) is 1.72. The van der Waals surface area contributed by atoms with Crippen LogP contribution in [-0.4, -0.2) is 7.05 Å². The number of rotatable bonds is 3. The predicted octanol–water partition coefficient (Wildman–Crippen LogP) is 3.25. The van der Waals surface area contributed by atoms with E-state index in [4.69, 9.17) is 5.84 Å². The maximum Gasteiger partial charge on any atom is 0.0548 e. The molecule has 0 aliphatic carbocycles. The number of nitrogens with two attached hydrogens (primary N) is 1. The molecule has 1 aromatic carbocycles. The first-order chi connectivity index (χ1) is 7.36. The smallest absolute Gasteiger partial charge is 0.0548 e. The first-order valence-corrected chi connectivity index (χ1v) is 5.98. The second-order valence-electron chi connectivity index (χ2n) is 5.45. The summed E-state index contributed by atoms with van der Waals surface area (Å²) in [7, 11) is 1.90. The molecule has 0 aliphatic rings. The van der Waals surface area contributed by atoms with Gasteiger partial charge in [0.05, 0.1) is 5.69 Å². The van der Waals surface area contributed by atoms with Crippen LogP contribution in [0.2, 0.25) is 0 Å². The summed E-state index contributed by atoms with van der Waals surface area (Å²) < 4.78 is 0. The fourth-order valence-electron chi connectivity index (χ4n) is 1.84. The highest BCUT2D eigenvalue weighted by Crippen LogP contribution is 2.28. The second kappa shape index (κ2) is 4.88. The third-order valence-corrected chi connectivity index (χ3v) is 2.85. The van der Waals surface area contributed by atoms with E-state index in [-0.39, 0.29) is 5.41 Å². The molecule has 90 valence electrons. The van der Waals surface area contributed by atoms with Crippen LogP contribution in [0.5, 0.6) is 0 Å². The van der Waals surface area contributed by atoms with Gasteiger partial charge in [-0.2, -0.15) is 0 Å². The van der Waals surface area contributed by atoms with Gasteiger partial charge < -0.3 is 5.01 Å². The Bertz CT molecular complexity index is 348. The summed E-state index contributed by atoms with van der Waals surface area (Å²) in [5.41, 5.74) is 3.99. The SMILES string of the molecule is CCCc1ccc(C(C)(C)C)cc1N(C)N. The monoisotopic (exact) mass is 220 g/mol. The van der Waals surface area contributed by atoms with Gasteiger partial charge in [0.25, 0.3) is 0 Å². The van der Waals surface area contributed by atoms with Gasteiger partial charge in [-0.05, 0) is 29.0 Å². The normalized spacial score (nSPS) is 11.6. The summed E-state index contributed by atoms with van der Waals surface area (Å²) >= 11 is 0. The van der Waals surface area contributed by atoms with Crippen LogP contribution >= 0.6 is 0 Å². The van der Waals surface area contributed by atoms with Gasteiger partial charge in [-0.15, -0.1) is 0 Å². The zero-order valence-corrected chi connectivity index (χ0v) is 11.2. The van der Waals surface area contributed by atoms with Gasteiger partial charge in [-0.3, -0.25) is 0 Å². The van der Waals surface area contributed by atoms with E-state index in [0.717, 1.165) is 18.5 Å². The Hall–Kier alpha value is -1.02. The number of nitrogens with zero attached hydrogens (tertiary/aromatic N) is 1. The quantitative estimate of drug-likeness (QED) is 0.626. The summed E-state index contributed by atoms with van der Waals surface area (Å²) in [4.78, 5) is 0. The molecule has 0 bridgehead atoms. The molecule has 0 saturated carbocycles. The Morgan fingerprint density at radius 1 is 1.25 bits per heavy atom. The number of hydrogen-bond donors (Lipinski definition) is 1. The molecule has 2 heteroatoms. The summed E-state index contributed by atoms with van der Waals surface area (Å²) in [6.07, 6.45) is 2.23. The molecule has 1 rings (SSSR count). The number of benzene rings is 1. The molecule has 0 aliphatic heterocycles. The molecular weight excluding hydrogens is 196 g/mol. The van der Waals surface area contributed by atoms with Crippen molar-refractivity contribution in [3.05, 3.63) is 29.3 Å². The first kappa shape index (κ1) is 13.0. The Morgan fingerprint density at radius 3 is 2.31 bits per heavy atom. The molecule has 0 atom stereocenters. The Morgan fingerprint density at radius 2 is 1.88 bits per heavy atom. The van der Waals surface area contributed by atoms with Gasteiger partial charge in [0.2, 0.25) is 0 Å². The van der Waals surface area contributed by atoms with Crippen LogP contribution < -0.4 is 10.9 Å². The zero-order valence-electron chi connectivity index (χ0n) is 11.2. The highest BCUT2D eigenvalue weighted by Gasteiger charge is 2.16. The van der Waals surface area contributed by atoms with Crippen molar-refractivity contribution >= 4 is 5.69 Å². The largest absolute Gasteiger partial charge is 0.314 e. The van der Waals surface area contributed by atoms with Crippen LogP contribution in [0.4, 0.5) is 5.69 Å². The van der Waals surface area contributed by atoms with Crippen molar-refractivity contribution in [1.82, 2.24) is 0 Å². The minimum atomic E-state index is 0.176. The lowest BCUT2D eigenvalue weighted by Crippen LogP contribution is -2.27. The van der Waals surface area contributed by atoms with Crippen molar-refractivity contribution in [2.45, 2.75) is 46.0 Å². The molecule has 16 heavy (non-hydrogen) atoms. The highest BCUT2D eigenvalue weighted by molar-refractivity contribution is 5.55. The summed E-state index contributed by atoms with van der Waals surface area (Å²) in [6, 6.07) is 6.64. The zero-order chi connectivity index (χ0) is 12.3. The standard InChI is InChI=1S/C14H24N2/c1-6-7-11-8-9-12(14(2,3)4)10-13(11)16(5)15/h8-10H,6-7,15H2,1-5H3. The minimum Gasteiger partial charge on any atom is -0.314 e. The first-order valence-electron chi connectivity index (χ1n) is 5.98. The number of anilines is 1. The highest BCUT2D eigenvalue weighted by atomic mass is 15.4. The lowest BCUT2D eigenvalue weighted by molar-refractivity contribution is 0.589. The predicted molar refractivity (Wildman–Crippen MR) is 71.7 cm³/mol. The summed E-state index contributed by atoms with van der Waals surface area (Å²) in [5.74, 6) is 5.89. The van der Waals surface area contributed by atoms with Gasteiger partial charge in [0.1, 0.15) is 0 Å². The molecule has 0 aromatic heterocycles. The molecule has 0 amide bonds. The average molecular weight is 220 g/mol. The molecule has 1 aromatic rings. The lowest BCUT2D eigenvalue weighted by atomic mass is 9.86. The molecule has 0 heterocycles. The average Bonchev–Trinajstić information content (AvgIpc) is 2.16. The maximum atomic E-state index is 5.89. The van der Waals surface area contributed by atoms with E-state index in [2.05, 4.69) is 45.9 Å². The molecule has 2 N–H and O–H groups in total. The van der Waals surface area contributed by atoms with Crippen molar-refractivity contribution in [2.24, 2.45) is 5.84 Å². The van der Waals surface area contributed by atoms with Crippen molar-refractivity contribution in [3.63, 3.8) is 0 Å². The third-order valence-electron chi connectivity index (χ3n) is 2.85. The van der Waals surface area contributed by atoms with Gasteiger partial charge in [0, 0.05) is 7.05 Å². The number of hydrogen-bond acceptors (Lipinski definition) is 2. The molecule has 0 unspecified atom stereocenters. The maximum absolute atomic E-state index is 5.89. The Kier molecular flexibility index (Phi) is 3.98. The minimum absolute atomic E-state index is 0.176. The Balaban J connectivity index is 3.17. The van der Waals surface area contributed by atoms with Crippen molar-refractivity contribution in [2.75, 3.05) is 12.1 Å². The van der Waals surface area contributed by atoms with Gasteiger partial charge >= 0.3 is 0 Å². The van der Waals surface area contributed by atoms with Crippen molar-refractivity contribution in [3.8, 4) is 0 Å². The van der Waals surface area contributed by atoms with E-state index in [1.807, 2.05) is 7.05 Å². The second-order valence-corrected chi connectivity index (χ2v) is 5.45. The van der Waals surface area contributed by atoms with Gasteiger partial charge in [-0.25, -0.2) is 5.84 Å². The van der Waals surface area contributed by atoms with Crippen molar-refractivity contribution < 1.29 is 0 Å². The molecule has 0 radical (unpaired) electrons. The third kappa shape index (κ3) is 2.99. The molecule has 0 fully saturated rings. The summed E-state index contributed by atoms with van der Waals surface area (Å²) in [6.45, 7) is 8.87. The number of hydrazine groups is 1. The van der Waals surface area contributed by atoms with E-state index in [0.29, 0.717) is 0 Å². The molecule has 2 nitrogen and oxygen atoms in total. The fourth-order valence-corrected chi connectivity index (χ4v) is 1.84. The van der Waals surface area contributed by atoms with E-state index < -0.39 is 0 Å². The topological polar surface area (TPSA) is 29.3 Å². The van der Waals surface area contributed by atoms with E-state index in [1.165, 1.54) is 11.1 Å². The van der Waals surface area contributed by atoms with E-state index in [9.17, 15) is 0 Å². The Labute approximate surface area is 99.4 Å². The van der Waals surface area contributed by atoms with E-state index in [1.54, 1.807) is 5.01 Å². The van der Waals surface area contributed by atoms with Crippen LogP contribution in [0.1, 0.15) is 45.2 Å². The van der Waals surface area contributed by atoms with Crippen LogP contribution in [0.15, 0.2) is 18.2 Å². The lowest BCUT2D eigenvalue weighted by Gasteiger charge is -2.24. The van der Waals surface area contributed by atoms with Crippen LogP contribution in [0, 0.1) is 0 Å². The van der Waals surface area contributed by atoms with Crippen LogP contribution in [-0.2, 0) is 11.8 Å². The molecular formula is C14H24N2. The van der Waals surface area contributed by atoms with Crippen LogP contribution in [0.3, 0.4) is 0 Å². The molecule has 0 spiro atoms. The van der Waals surface area contributed by atoms with Crippen molar-refractivity contribution in [1.29, 1.82) is 0 Å². The fraction of sp³-hybridized carbons (Fsp3) is 0.571. The molecule has 0 saturated heterocycles. The van der Waals surface area contributed by atoms with E-state index >= 15 is 0 Å². The van der Waals surface area contributed by atoms with Gasteiger partial charge in [-0.1, -0.05) is 46.2 Å². The van der Waals surface area contributed by atoms with Gasteiger partial charge in [0.15, 0.2) is 0 Å². The number of aryl methyl sites for hydroxylation is 1.